The van der Waals surface area contributed by atoms with Gasteiger partial charge in [0.1, 0.15) is 18.2 Å². The Morgan fingerprint density at radius 3 is 2.80 bits per heavy atom. The van der Waals surface area contributed by atoms with Gasteiger partial charge in [-0.3, -0.25) is 9.78 Å². The van der Waals surface area contributed by atoms with E-state index >= 15 is 0 Å². The van der Waals surface area contributed by atoms with Crippen LogP contribution in [0.1, 0.15) is 35.7 Å². The van der Waals surface area contributed by atoms with Crippen LogP contribution in [0.2, 0.25) is 0 Å². The summed E-state index contributed by atoms with van der Waals surface area (Å²) < 4.78 is 19.7. The Morgan fingerprint density at radius 1 is 1.10 bits per heavy atom. The third kappa shape index (κ3) is 5.02. The van der Waals surface area contributed by atoms with Crippen molar-refractivity contribution in [2.45, 2.75) is 38.1 Å². The van der Waals surface area contributed by atoms with E-state index in [2.05, 4.69) is 15.6 Å². The number of piperidine rings is 1. The Labute approximate surface area is 175 Å². The van der Waals surface area contributed by atoms with Crippen LogP contribution in [0, 0.1) is 5.82 Å². The van der Waals surface area contributed by atoms with Crippen molar-refractivity contribution < 1.29 is 13.9 Å². The first-order valence-electron chi connectivity index (χ1n) is 10.1. The lowest BCUT2D eigenvalue weighted by Gasteiger charge is -2.33. The van der Waals surface area contributed by atoms with E-state index in [9.17, 15) is 9.18 Å². The summed E-state index contributed by atoms with van der Waals surface area (Å²) in [4.78, 5) is 16.3. The van der Waals surface area contributed by atoms with E-state index in [1.165, 1.54) is 12.1 Å². The molecular weight excluding hydrogens is 381 g/mol. The monoisotopic (exact) mass is 405 g/mol. The number of nitrogens with zero attached hydrogens (tertiary/aromatic N) is 1. The second kappa shape index (κ2) is 9.50. The van der Waals surface area contributed by atoms with Crippen molar-refractivity contribution in [1.82, 2.24) is 15.6 Å². The van der Waals surface area contributed by atoms with Crippen molar-refractivity contribution in [3.63, 3.8) is 0 Å². The van der Waals surface area contributed by atoms with Crippen LogP contribution in [-0.2, 0) is 17.9 Å². The molecule has 0 spiro atoms. The molecule has 30 heavy (non-hydrogen) atoms. The number of pyridine rings is 1. The first-order chi connectivity index (χ1) is 14.7. The van der Waals surface area contributed by atoms with E-state index in [-0.39, 0.29) is 23.8 Å². The Hall–Kier alpha value is -3.25. The van der Waals surface area contributed by atoms with Gasteiger partial charge in [0.05, 0.1) is 11.7 Å². The molecule has 0 aliphatic carbocycles. The molecule has 0 radical (unpaired) electrons. The lowest BCUT2D eigenvalue weighted by atomic mass is 9.91. The number of hydrogen-bond acceptors (Lipinski definition) is 4. The molecule has 0 bridgehead atoms. The molecule has 6 heteroatoms. The highest BCUT2D eigenvalue weighted by Crippen LogP contribution is 2.26. The highest BCUT2D eigenvalue weighted by molar-refractivity contribution is 5.77. The average Bonchev–Trinajstić information content (AvgIpc) is 2.78. The number of halogens is 1. The highest BCUT2D eigenvalue weighted by Gasteiger charge is 2.29. The first-order valence-corrected chi connectivity index (χ1v) is 10.1. The van der Waals surface area contributed by atoms with Gasteiger partial charge >= 0.3 is 0 Å². The van der Waals surface area contributed by atoms with Gasteiger partial charge in [-0.25, -0.2) is 4.39 Å². The van der Waals surface area contributed by atoms with Crippen LogP contribution in [0.15, 0.2) is 72.9 Å². The summed E-state index contributed by atoms with van der Waals surface area (Å²) in [5.41, 5.74) is 2.64. The number of hydrogen-bond donors (Lipinski definition) is 2. The predicted octanol–water partition coefficient (Wildman–Crippen LogP) is 3.91. The maximum absolute atomic E-state index is 13.7. The van der Waals surface area contributed by atoms with Crippen molar-refractivity contribution in [3.8, 4) is 5.75 Å². The van der Waals surface area contributed by atoms with Crippen molar-refractivity contribution in [3.05, 3.63) is 95.6 Å². The molecule has 3 aromatic rings. The molecule has 5 nitrogen and oxygen atoms in total. The van der Waals surface area contributed by atoms with Gasteiger partial charge in [-0.15, -0.1) is 0 Å². The number of aromatic nitrogens is 1. The van der Waals surface area contributed by atoms with E-state index in [1.54, 1.807) is 12.3 Å². The van der Waals surface area contributed by atoms with Gasteiger partial charge in [-0.1, -0.05) is 36.4 Å². The van der Waals surface area contributed by atoms with Gasteiger partial charge in [-0.2, -0.15) is 0 Å². The van der Waals surface area contributed by atoms with Crippen LogP contribution in [0.3, 0.4) is 0 Å². The minimum atomic E-state index is -0.306. The number of para-hydroxylation sites is 1. The molecule has 1 amide bonds. The molecule has 2 N–H and O–H groups in total. The summed E-state index contributed by atoms with van der Waals surface area (Å²) in [5, 5.41) is 6.53. The molecule has 1 aliphatic rings. The summed E-state index contributed by atoms with van der Waals surface area (Å²) in [6.45, 7) is 0.966. The van der Waals surface area contributed by atoms with E-state index in [0.29, 0.717) is 26.0 Å². The number of carbonyl (C=O) groups excluding carboxylic acids is 1. The number of ether oxygens (including phenoxy) is 1. The summed E-state index contributed by atoms with van der Waals surface area (Å²) in [6.07, 6.45) is 2.88. The molecular formula is C24H24FN3O2. The standard InChI is InChI=1S/C24H24FN3O2/c25-19-8-5-7-17(14-19)24-21(11-12-23(29)28-24)27-15-18-6-1-2-10-22(18)30-16-20-9-3-4-13-26-20/h1-10,13-14,21,24,27H,11-12,15-16H2,(H,28,29)/t21-,24+/m1/s1. The zero-order chi connectivity index (χ0) is 20.8. The third-order valence-electron chi connectivity index (χ3n) is 5.24. The fraction of sp³-hybridized carbons (Fsp3) is 0.250. The normalized spacial score (nSPS) is 18.6. The maximum atomic E-state index is 13.7. The minimum Gasteiger partial charge on any atom is -0.487 e. The van der Waals surface area contributed by atoms with Crippen molar-refractivity contribution in [2.75, 3.05) is 0 Å². The fourth-order valence-corrected chi connectivity index (χ4v) is 3.70. The van der Waals surface area contributed by atoms with Gasteiger partial charge in [0.15, 0.2) is 0 Å². The SMILES string of the molecule is O=C1CC[C@@H](NCc2ccccc2OCc2ccccn2)[C@H](c2cccc(F)c2)N1. The lowest BCUT2D eigenvalue weighted by Crippen LogP contribution is -2.48. The molecule has 2 heterocycles. The predicted molar refractivity (Wildman–Crippen MR) is 112 cm³/mol. The molecule has 2 aromatic carbocycles. The van der Waals surface area contributed by atoms with Crippen molar-refractivity contribution in [1.29, 1.82) is 0 Å². The molecule has 0 unspecified atom stereocenters. The van der Waals surface area contributed by atoms with Gasteiger partial charge in [0, 0.05) is 30.8 Å². The number of benzene rings is 2. The number of carbonyl (C=O) groups is 1. The molecule has 1 fully saturated rings. The molecule has 1 aliphatic heterocycles. The zero-order valence-electron chi connectivity index (χ0n) is 16.6. The van der Waals surface area contributed by atoms with Crippen LogP contribution in [0.5, 0.6) is 5.75 Å². The second-order valence-electron chi connectivity index (χ2n) is 7.34. The van der Waals surface area contributed by atoms with E-state index < -0.39 is 0 Å². The van der Waals surface area contributed by atoms with E-state index in [4.69, 9.17) is 4.74 Å². The minimum absolute atomic E-state index is 0.00616. The molecule has 154 valence electrons. The topological polar surface area (TPSA) is 63.2 Å². The van der Waals surface area contributed by atoms with Crippen LogP contribution in [0.4, 0.5) is 4.39 Å². The molecule has 0 saturated carbocycles. The Kier molecular flexibility index (Phi) is 6.35. The Bertz CT molecular complexity index is 997. The maximum Gasteiger partial charge on any atom is 0.220 e. The highest BCUT2D eigenvalue weighted by atomic mass is 19.1. The lowest BCUT2D eigenvalue weighted by molar-refractivity contribution is -0.123. The van der Waals surface area contributed by atoms with E-state index in [1.807, 2.05) is 48.5 Å². The Morgan fingerprint density at radius 2 is 1.97 bits per heavy atom. The van der Waals surface area contributed by atoms with Gasteiger partial charge in [0.25, 0.3) is 0 Å². The molecule has 1 aromatic heterocycles. The van der Waals surface area contributed by atoms with Crippen molar-refractivity contribution in [2.24, 2.45) is 0 Å². The Balaban J connectivity index is 1.44. The smallest absolute Gasteiger partial charge is 0.220 e. The quantitative estimate of drug-likeness (QED) is 0.626. The molecule has 2 atom stereocenters. The summed E-state index contributed by atoms with van der Waals surface area (Å²) in [5.74, 6) is 0.471. The van der Waals surface area contributed by atoms with Crippen LogP contribution in [-0.4, -0.2) is 16.9 Å². The zero-order valence-corrected chi connectivity index (χ0v) is 16.6. The largest absolute Gasteiger partial charge is 0.487 e. The van der Waals surface area contributed by atoms with E-state index in [0.717, 1.165) is 22.6 Å². The number of rotatable bonds is 7. The van der Waals surface area contributed by atoms with Gasteiger partial charge in [-0.05, 0) is 42.3 Å². The summed E-state index contributed by atoms with van der Waals surface area (Å²) >= 11 is 0. The first kappa shape index (κ1) is 20.0. The summed E-state index contributed by atoms with van der Waals surface area (Å²) in [7, 11) is 0. The number of amides is 1. The van der Waals surface area contributed by atoms with Crippen molar-refractivity contribution >= 4 is 5.91 Å². The average molecular weight is 405 g/mol. The van der Waals surface area contributed by atoms with Gasteiger partial charge in [0.2, 0.25) is 5.91 Å². The second-order valence-corrected chi connectivity index (χ2v) is 7.34. The number of nitrogens with one attached hydrogen (secondary N) is 2. The van der Waals surface area contributed by atoms with Crippen LogP contribution in [0.25, 0.3) is 0 Å². The van der Waals surface area contributed by atoms with Crippen LogP contribution < -0.4 is 15.4 Å². The molecule has 4 rings (SSSR count). The van der Waals surface area contributed by atoms with Gasteiger partial charge < -0.3 is 15.4 Å². The summed E-state index contributed by atoms with van der Waals surface area (Å²) in [6, 6.07) is 19.7. The third-order valence-corrected chi connectivity index (χ3v) is 5.24. The van der Waals surface area contributed by atoms with Crippen LogP contribution >= 0.6 is 0 Å². The molecule has 1 saturated heterocycles. The fourth-order valence-electron chi connectivity index (χ4n) is 3.70.